The molecule has 26 heavy (non-hydrogen) atoms. The summed E-state index contributed by atoms with van der Waals surface area (Å²) in [5.74, 6) is 0.231. The minimum Gasteiger partial charge on any atom is -0.338 e. The highest BCUT2D eigenvalue weighted by Crippen LogP contribution is 2.29. The Bertz CT molecular complexity index is 742. The number of carbonyl (C=O) groups excluding carboxylic acids is 1. The fraction of sp³-hybridized carbons (Fsp3) is 0.381. The van der Waals surface area contributed by atoms with Crippen molar-refractivity contribution < 1.29 is 9.18 Å². The monoisotopic (exact) mass is 355 g/mol. The minimum atomic E-state index is -0.306. The number of hydrogen-bond acceptors (Lipinski definition) is 2. The van der Waals surface area contributed by atoms with E-state index in [0.717, 1.165) is 24.0 Å². The molecule has 1 aliphatic rings. The van der Waals surface area contributed by atoms with Gasteiger partial charge in [-0.3, -0.25) is 0 Å². The number of rotatable bonds is 6. The standard InChI is InChI=1S/C21H26FN3O/c1-25(2)19-10-15(11-19)13-23-21(26)24-14-18-9-8-17(12-20(18)22)16-6-4-3-5-7-16/h3-9,12,15,19H,10-11,13-14H2,1-2H3,(H2,23,24,26). The number of halogens is 1. The molecule has 1 saturated carbocycles. The number of urea groups is 1. The van der Waals surface area contributed by atoms with Gasteiger partial charge in [0.2, 0.25) is 0 Å². The van der Waals surface area contributed by atoms with E-state index in [1.54, 1.807) is 6.07 Å². The van der Waals surface area contributed by atoms with Gasteiger partial charge in [0.1, 0.15) is 5.82 Å². The molecule has 0 aromatic heterocycles. The zero-order valence-corrected chi connectivity index (χ0v) is 15.3. The lowest BCUT2D eigenvalue weighted by atomic mass is 9.79. The molecule has 2 aromatic carbocycles. The zero-order chi connectivity index (χ0) is 18.5. The molecule has 138 valence electrons. The molecular weight excluding hydrogens is 329 g/mol. The lowest BCUT2D eigenvalue weighted by Gasteiger charge is -2.39. The Morgan fingerprint density at radius 3 is 2.46 bits per heavy atom. The van der Waals surface area contributed by atoms with Gasteiger partial charge in [0, 0.05) is 24.7 Å². The van der Waals surface area contributed by atoms with E-state index in [9.17, 15) is 9.18 Å². The van der Waals surface area contributed by atoms with Crippen LogP contribution in [0.4, 0.5) is 9.18 Å². The van der Waals surface area contributed by atoms with Gasteiger partial charge in [-0.05, 0) is 50.0 Å². The third-order valence-corrected chi connectivity index (χ3v) is 5.09. The van der Waals surface area contributed by atoms with Gasteiger partial charge in [0.25, 0.3) is 0 Å². The predicted octanol–water partition coefficient (Wildman–Crippen LogP) is 3.63. The fourth-order valence-corrected chi connectivity index (χ4v) is 3.26. The van der Waals surface area contributed by atoms with Crippen molar-refractivity contribution in [3.05, 3.63) is 59.9 Å². The smallest absolute Gasteiger partial charge is 0.315 e. The van der Waals surface area contributed by atoms with Crippen LogP contribution >= 0.6 is 0 Å². The summed E-state index contributed by atoms with van der Waals surface area (Å²) in [6.07, 6.45) is 2.23. The first kappa shape index (κ1) is 18.4. The van der Waals surface area contributed by atoms with E-state index in [1.165, 1.54) is 6.07 Å². The lowest BCUT2D eigenvalue weighted by molar-refractivity contribution is 0.123. The van der Waals surface area contributed by atoms with Gasteiger partial charge in [-0.25, -0.2) is 9.18 Å². The molecule has 0 unspecified atom stereocenters. The molecule has 2 N–H and O–H groups in total. The first-order valence-electron chi connectivity index (χ1n) is 9.05. The fourth-order valence-electron chi connectivity index (χ4n) is 3.26. The molecule has 0 aliphatic heterocycles. The number of benzene rings is 2. The van der Waals surface area contributed by atoms with Crippen LogP contribution in [-0.4, -0.2) is 37.6 Å². The Morgan fingerprint density at radius 2 is 1.81 bits per heavy atom. The molecule has 0 spiro atoms. The second kappa shape index (κ2) is 8.32. The third kappa shape index (κ3) is 4.61. The van der Waals surface area contributed by atoms with Crippen molar-refractivity contribution in [2.75, 3.05) is 20.6 Å². The summed E-state index contributed by atoms with van der Waals surface area (Å²) in [6.45, 7) is 0.851. The van der Waals surface area contributed by atoms with Crippen molar-refractivity contribution in [2.24, 2.45) is 5.92 Å². The van der Waals surface area contributed by atoms with Crippen LogP contribution < -0.4 is 10.6 Å². The highest BCUT2D eigenvalue weighted by Gasteiger charge is 2.30. The van der Waals surface area contributed by atoms with E-state index in [0.29, 0.717) is 24.1 Å². The summed E-state index contributed by atoms with van der Waals surface area (Å²) in [6, 6.07) is 15.2. The Labute approximate surface area is 154 Å². The first-order chi connectivity index (χ1) is 12.5. The maximum absolute atomic E-state index is 14.3. The van der Waals surface area contributed by atoms with Gasteiger partial charge in [0.15, 0.2) is 0 Å². The molecule has 0 radical (unpaired) electrons. The maximum Gasteiger partial charge on any atom is 0.315 e. The molecule has 2 amide bonds. The van der Waals surface area contributed by atoms with Crippen molar-refractivity contribution in [2.45, 2.75) is 25.4 Å². The second-order valence-corrected chi connectivity index (χ2v) is 7.19. The van der Waals surface area contributed by atoms with Crippen molar-refractivity contribution in [1.82, 2.24) is 15.5 Å². The average Bonchev–Trinajstić information content (AvgIpc) is 2.59. The van der Waals surface area contributed by atoms with E-state index in [2.05, 4.69) is 29.6 Å². The van der Waals surface area contributed by atoms with Gasteiger partial charge in [-0.2, -0.15) is 0 Å². The number of carbonyl (C=O) groups is 1. The van der Waals surface area contributed by atoms with Crippen LogP contribution in [0.1, 0.15) is 18.4 Å². The molecule has 0 saturated heterocycles. The zero-order valence-electron chi connectivity index (χ0n) is 15.3. The molecule has 2 aromatic rings. The summed E-state index contributed by atoms with van der Waals surface area (Å²) < 4.78 is 14.3. The molecule has 1 aliphatic carbocycles. The maximum atomic E-state index is 14.3. The number of nitrogens with zero attached hydrogens (tertiary/aromatic N) is 1. The van der Waals surface area contributed by atoms with Crippen LogP contribution in [0.3, 0.4) is 0 Å². The van der Waals surface area contributed by atoms with Gasteiger partial charge < -0.3 is 15.5 Å². The number of amides is 2. The summed E-state index contributed by atoms with van der Waals surface area (Å²) in [7, 11) is 4.16. The Balaban J connectivity index is 1.45. The van der Waals surface area contributed by atoms with E-state index < -0.39 is 0 Å². The Morgan fingerprint density at radius 1 is 1.08 bits per heavy atom. The summed E-state index contributed by atoms with van der Waals surface area (Å²) in [4.78, 5) is 14.1. The molecule has 5 heteroatoms. The third-order valence-electron chi connectivity index (χ3n) is 5.09. The van der Waals surface area contributed by atoms with E-state index in [-0.39, 0.29) is 18.4 Å². The van der Waals surface area contributed by atoms with Crippen molar-refractivity contribution in [3.63, 3.8) is 0 Å². The predicted molar refractivity (Wildman–Crippen MR) is 102 cm³/mol. The second-order valence-electron chi connectivity index (χ2n) is 7.19. The molecule has 0 bridgehead atoms. The SMILES string of the molecule is CN(C)C1CC(CNC(=O)NCc2ccc(-c3ccccc3)cc2F)C1. The average molecular weight is 355 g/mol. The minimum absolute atomic E-state index is 0.178. The highest BCUT2D eigenvalue weighted by molar-refractivity contribution is 5.74. The molecule has 3 rings (SSSR count). The van der Waals surface area contributed by atoms with Gasteiger partial charge in [-0.15, -0.1) is 0 Å². The molecule has 0 heterocycles. The lowest BCUT2D eigenvalue weighted by Crippen LogP contribution is -2.46. The van der Waals surface area contributed by atoms with Crippen LogP contribution in [0.5, 0.6) is 0 Å². The summed E-state index contributed by atoms with van der Waals surface area (Å²) in [5.41, 5.74) is 2.29. The Kier molecular flexibility index (Phi) is 5.89. The Hall–Kier alpha value is -2.40. The van der Waals surface area contributed by atoms with Crippen LogP contribution in [0.25, 0.3) is 11.1 Å². The quantitative estimate of drug-likeness (QED) is 0.831. The van der Waals surface area contributed by atoms with E-state index >= 15 is 0 Å². The van der Waals surface area contributed by atoms with Crippen molar-refractivity contribution >= 4 is 6.03 Å². The number of nitrogens with one attached hydrogen (secondary N) is 2. The van der Waals surface area contributed by atoms with Crippen LogP contribution in [0.15, 0.2) is 48.5 Å². The van der Waals surface area contributed by atoms with Crippen LogP contribution in [0.2, 0.25) is 0 Å². The van der Waals surface area contributed by atoms with Gasteiger partial charge in [-0.1, -0.05) is 42.5 Å². The topological polar surface area (TPSA) is 44.4 Å². The van der Waals surface area contributed by atoms with Crippen molar-refractivity contribution in [1.29, 1.82) is 0 Å². The number of hydrogen-bond donors (Lipinski definition) is 2. The summed E-state index contributed by atoms with van der Waals surface area (Å²) in [5, 5.41) is 5.62. The van der Waals surface area contributed by atoms with Crippen LogP contribution in [0, 0.1) is 11.7 Å². The van der Waals surface area contributed by atoms with Crippen LogP contribution in [-0.2, 0) is 6.54 Å². The molecular formula is C21H26FN3O. The van der Waals surface area contributed by atoms with Gasteiger partial charge in [0.05, 0.1) is 0 Å². The summed E-state index contributed by atoms with van der Waals surface area (Å²) >= 11 is 0. The molecule has 4 nitrogen and oxygen atoms in total. The van der Waals surface area contributed by atoms with Gasteiger partial charge >= 0.3 is 6.03 Å². The molecule has 0 atom stereocenters. The van der Waals surface area contributed by atoms with E-state index in [4.69, 9.17) is 0 Å². The highest BCUT2D eigenvalue weighted by atomic mass is 19.1. The normalized spacial score (nSPS) is 19.1. The largest absolute Gasteiger partial charge is 0.338 e. The first-order valence-corrected chi connectivity index (χ1v) is 9.05. The molecule has 1 fully saturated rings. The van der Waals surface area contributed by atoms with Crippen molar-refractivity contribution in [3.8, 4) is 11.1 Å². The van der Waals surface area contributed by atoms with E-state index in [1.807, 2.05) is 36.4 Å².